The Kier molecular flexibility index (Phi) is 2.36. The monoisotopic (exact) mass is 182 g/mol. The van der Waals surface area contributed by atoms with Crippen LogP contribution in [0, 0.1) is 5.82 Å². The summed E-state index contributed by atoms with van der Waals surface area (Å²) in [5.74, 6) is -1.10. The van der Waals surface area contributed by atoms with E-state index >= 15 is 0 Å². The molecule has 3 heteroatoms. The first-order chi connectivity index (χ1) is 5.97. The highest BCUT2D eigenvalue weighted by atomic mass is 19.1. The molecule has 0 bridgehead atoms. The average molecular weight is 182 g/mol. The first-order valence-corrected chi connectivity index (χ1v) is 3.93. The van der Waals surface area contributed by atoms with Gasteiger partial charge in [-0.3, -0.25) is 0 Å². The van der Waals surface area contributed by atoms with Gasteiger partial charge in [0.05, 0.1) is 0 Å². The first kappa shape index (κ1) is 9.71. The summed E-state index contributed by atoms with van der Waals surface area (Å²) in [4.78, 5) is 10.6. The fourth-order valence-corrected chi connectivity index (χ4v) is 0.976. The average Bonchev–Trinajstić information content (AvgIpc) is 2.09. The molecule has 0 atom stereocenters. The Morgan fingerprint density at radius 3 is 2.54 bits per heavy atom. The van der Waals surface area contributed by atoms with Crippen molar-refractivity contribution in [1.29, 1.82) is 0 Å². The quantitative estimate of drug-likeness (QED) is 0.710. The van der Waals surface area contributed by atoms with Crippen LogP contribution in [0.2, 0.25) is 0 Å². The van der Waals surface area contributed by atoms with Gasteiger partial charge in [0, 0.05) is 5.41 Å². The Morgan fingerprint density at radius 1 is 1.46 bits per heavy atom. The molecule has 1 aromatic carbocycles. The van der Waals surface area contributed by atoms with Crippen LogP contribution in [0.25, 0.3) is 0 Å². The van der Waals surface area contributed by atoms with Crippen molar-refractivity contribution in [3.63, 3.8) is 0 Å². The maximum atomic E-state index is 12.9. The van der Waals surface area contributed by atoms with Crippen LogP contribution in [0.4, 0.5) is 4.39 Å². The van der Waals surface area contributed by atoms with Crippen molar-refractivity contribution < 1.29 is 14.3 Å². The van der Waals surface area contributed by atoms with Gasteiger partial charge >= 0.3 is 0 Å². The van der Waals surface area contributed by atoms with Crippen molar-refractivity contribution >= 4 is 6.29 Å². The Balaban J connectivity index is 3.18. The van der Waals surface area contributed by atoms with E-state index in [1.807, 2.05) is 0 Å². The Morgan fingerprint density at radius 2 is 2.08 bits per heavy atom. The van der Waals surface area contributed by atoms with Gasteiger partial charge in [0.25, 0.3) is 0 Å². The number of carbonyl (C=O) groups excluding carboxylic acids is 1. The van der Waals surface area contributed by atoms with Crippen molar-refractivity contribution in [2.75, 3.05) is 0 Å². The molecule has 1 rings (SSSR count). The van der Waals surface area contributed by atoms with E-state index < -0.39 is 17.0 Å². The predicted molar refractivity (Wildman–Crippen MR) is 47.2 cm³/mol. The lowest BCUT2D eigenvalue weighted by atomic mass is 9.86. The smallest absolute Gasteiger partial charge is 0.165 e. The summed E-state index contributed by atoms with van der Waals surface area (Å²) in [5.41, 5.74) is -0.160. The van der Waals surface area contributed by atoms with Crippen molar-refractivity contribution in [1.82, 2.24) is 0 Å². The van der Waals surface area contributed by atoms with E-state index in [4.69, 9.17) is 5.11 Å². The van der Waals surface area contributed by atoms with Gasteiger partial charge in [0.1, 0.15) is 6.29 Å². The number of phenolic OH excluding ortho intramolecular Hbond substituents is 1. The molecule has 0 aliphatic rings. The molecular formula is C10H11FO2. The standard InChI is InChI=1S/C10H11FO2/c1-10(2,6-12)7-3-4-9(13)8(11)5-7/h3-6,13H,1-2H3. The second-order valence-electron chi connectivity index (χ2n) is 3.51. The normalized spacial score (nSPS) is 11.3. The highest BCUT2D eigenvalue weighted by molar-refractivity contribution is 5.67. The van der Waals surface area contributed by atoms with Crippen LogP contribution in [0.3, 0.4) is 0 Å². The van der Waals surface area contributed by atoms with Gasteiger partial charge < -0.3 is 9.90 Å². The van der Waals surface area contributed by atoms with Crippen LogP contribution in [0.5, 0.6) is 5.75 Å². The number of halogens is 1. The number of hydrogen-bond donors (Lipinski definition) is 1. The highest BCUT2D eigenvalue weighted by Crippen LogP contribution is 2.25. The third-order valence-corrected chi connectivity index (χ3v) is 1.99. The van der Waals surface area contributed by atoms with Gasteiger partial charge in [-0.25, -0.2) is 4.39 Å². The Bertz CT molecular complexity index is 332. The molecule has 0 aromatic heterocycles. The fourth-order valence-electron chi connectivity index (χ4n) is 0.976. The zero-order valence-corrected chi connectivity index (χ0v) is 7.54. The molecule has 0 heterocycles. The van der Waals surface area contributed by atoms with Gasteiger partial charge in [0.15, 0.2) is 11.6 Å². The molecule has 0 saturated carbocycles. The van der Waals surface area contributed by atoms with Crippen molar-refractivity contribution in [2.45, 2.75) is 19.3 Å². The molecule has 0 fully saturated rings. The summed E-state index contributed by atoms with van der Waals surface area (Å²) >= 11 is 0. The molecule has 0 radical (unpaired) electrons. The van der Waals surface area contributed by atoms with E-state index in [9.17, 15) is 9.18 Å². The lowest BCUT2D eigenvalue weighted by molar-refractivity contribution is -0.111. The molecule has 0 amide bonds. The minimum Gasteiger partial charge on any atom is -0.505 e. The van der Waals surface area contributed by atoms with Gasteiger partial charge in [-0.05, 0) is 31.5 Å². The zero-order chi connectivity index (χ0) is 10.1. The maximum Gasteiger partial charge on any atom is 0.165 e. The van der Waals surface area contributed by atoms with Crippen LogP contribution in [-0.2, 0) is 10.2 Å². The van der Waals surface area contributed by atoms with Gasteiger partial charge in [-0.2, -0.15) is 0 Å². The summed E-state index contributed by atoms with van der Waals surface area (Å²) in [7, 11) is 0. The highest BCUT2D eigenvalue weighted by Gasteiger charge is 2.20. The first-order valence-electron chi connectivity index (χ1n) is 3.93. The van der Waals surface area contributed by atoms with Gasteiger partial charge in [-0.1, -0.05) is 6.07 Å². The molecule has 0 spiro atoms. The number of hydrogen-bond acceptors (Lipinski definition) is 2. The molecule has 1 N–H and O–H groups in total. The molecule has 0 saturated heterocycles. The summed E-state index contributed by atoms with van der Waals surface area (Å²) in [6, 6.07) is 3.95. The van der Waals surface area contributed by atoms with E-state index in [2.05, 4.69) is 0 Å². The maximum absolute atomic E-state index is 12.9. The van der Waals surface area contributed by atoms with Crippen LogP contribution in [0.1, 0.15) is 19.4 Å². The SMILES string of the molecule is CC(C)(C=O)c1ccc(O)c(F)c1. The van der Waals surface area contributed by atoms with Crippen LogP contribution >= 0.6 is 0 Å². The van der Waals surface area contributed by atoms with E-state index in [1.54, 1.807) is 13.8 Å². The number of carbonyl (C=O) groups is 1. The largest absolute Gasteiger partial charge is 0.505 e. The molecule has 0 unspecified atom stereocenters. The lowest BCUT2D eigenvalue weighted by Gasteiger charge is -2.17. The summed E-state index contributed by atoms with van der Waals surface area (Å²) in [5, 5.41) is 8.92. The van der Waals surface area contributed by atoms with Gasteiger partial charge in [0.2, 0.25) is 0 Å². The molecule has 0 aliphatic carbocycles. The minimum absolute atomic E-state index is 0.398. The summed E-state index contributed by atoms with van der Waals surface area (Å²) < 4.78 is 12.9. The van der Waals surface area contributed by atoms with Crippen LogP contribution in [-0.4, -0.2) is 11.4 Å². The topological polar surface area (TPSA) is 37.3 Å². The number of rotatable bonds is 2. The number of phenols is 1. The predicted octanol–water partition coefficient (Wildman–Crippen LogP) is 2.01. The van der Waals surface area contributed by atoms with Gasteiger partial charge in [-0.15, -0.1) is 0 Å². The fraction of sp³-hybridized carbons (Fsp3) is 0.300. The molecule has 1 aromatic rings. The zero-order valence-electron chi connectivity index (χ0n) is 7.54. The molecular weight excluding hydrogens is 171 g/mol. The molecule has 0 aliphatic heterocycles. The van der Waals surface area contributed by atoms with E-state index in [1.165, 1.54) is 18.2 Å². The van der Waals surface area contributed by atoms with E-state index in [0.717, 1.165) is 6.29 Å². The minimum atomic E-state index is -0.714. The third kappa shape index (κ3) is 1.86. The van der Waals surface area contributed by atoms with E-state index in [-0.39, 0.29) is 0 Å². The summed E-state index contributed by atoms with van der Waals surface area (Å²) in [6.45, 7) is 3.37. The third-order valence-electron chi connectivity index (χ3n) is 1.99. The summed E-state index contributed by atoms with van der Waals surface area (Å²) in [6.07, 6.45) is 0.749. The molecule has 2 nitrogen and oxygen atoms in total. The van der Waals surface area contributed by atoms with E-state index in [0.29, 0.717) is 5.56 Å². The lowest BCUT2D eigenvalue weighted by Crippen LogP contribution is -2.18. The van der Waals surface area contributed by atoms with Crippen molar-refractivity contribution in [2.24, 2.45) is 0 Å². The second-order valence-corrected chi connectivity index (χ2v) is 3.51. The van der Waals surface area contributed by atoms with Crippen molar-refractivity contribution in [3.8, 4) is 5.75 Å². The van der Waals surface area contributed by atoms with Crippen LogP contribution in [0.15, 0.2) is 18.2 Å². The Labute approximate surface area is 76.0 Å². The Hall–Kier alpha value is -1.38. The second kappa shape index (κ2) is 3.17. The number of benzene rings is 1. The molecule has 13 heavy (non-hydrogen) atoms. The van der Waals surface area contributed by atoms with Crippen molar-refractivity contribution in [3.05, 3.63) is 29.6 Å². The number of aromatic hydroxyl groups is 1. The van der Waals surface area contributed by atoms with Crippen LogP contribution < -0.4 is 0 Å². The number of aldehydes is 1. The molecule has 70 valence electrons.